The van der Waals surface area contributed by atoms with Crippen molar-refractivity contribution in [1.82, 2.24) is 10.6 Å². The van der Waals surface area contributed by atoms with Crippen molar-refractivity contribution in [3.8, 4) is 0 Å². The number of carbonyl (C=O) groups is 1. The minimum Gasteiger partial charge on any atom is -0.469 e. The van der Waals surface area contributed by atoms with Gasteiger partial charge in [-0.25, -0.2) is 0 Å². The van der Waals surface area contributed by atoms with Crippen LogP contribution in [0.3, 0.4) is 0 Å². The quantitative estimate of drug-likeness (QED) is 0.678. The Morgan fingerprint density at radius 1 is 1.47 bits per heavy atom. The highest BCUT2D eigenvalue weighted by Gasteiger charge is 2.10. The average Bonchev–Trinajstić information content (AvgIpc) is 2.82. The van der Waals surface area contributed by atoms with Crippen LogP contribution in [0.2, 0.25) is 0 Å². The minimum atomic E-state index is -0.151. The lowest BCUT2D eigenvalue weighted by Crippen LogP contribution is -2.43. The third-order valence-corrected chi connectivity index (χ3v) is 2.62. The first-order chi connectivity index (χ1) is 8.24. The zero-order valence-corrected chi connectivity index (χ0v) is 10.7. The molecular weight excluding hydrogens is 216 g/mol. The van der Waals surface area contributed by atoms with Crippen molar-refractivity contribution < 1.29 is 9.21 Å². The fourth-order valence-electron chi connectivity index (χ4n) is 1.50. The molecule has 0 radical (unpaired) electrons. The number of carbonyl (C=O) groups excluding carboxylic acids is 1. The van der Waals surface area contributed by atoms with E-state index < -0.39 is 0 Å². The SMILES string of the molecule is CCCCNC(=O)C(C)NCCc1ccco1. The fraction of sp³-hybridized carbons (Fsp3) is 0.615. The molecule has 1 heterocycles. The predicted molar refractivity (Wildman–Crippen MR) is 67.8 cm³/mol. The number of nitrogens with one attached hydrogen (secondary N) is 2. The van der Waals surface area contributed by atoms with Gasteiger partial charge in [-0.05, 0) is 25.5 Å². The normalized spacial score (nSPS) is 12.4. The van der Waals surface area contributed by atoms with E-state index in [-0.39, 0.29) is 11.9 Å². The van der Waals surface area contributed by atoms with Gasteiger partial charge in [-0.2, -0.15) is 0 Å². The Kier molecular flexibility index (Phi) is 6.40. The molecule has 1 atom stereocenters. The molecule has 0 bridgehead atoms. The van der Waals surface area contributed by atoms with E-state index >= 15 is 0 Å². The van der Waals surface area contributed by atoms with Crippen LogP contribution in [0.15, 0.2) is 22.8 Å². The zero-order valence-electron chi connectivity index (χ0n) is 10.7. The Morgan fingerprint density at radius 2 is 2.29 bits per heavy atom. The molecule has 4 heteroatoms. The maximum Gasteiger partial charge on any atom is 0.236 e. The molecule has 0 aliphatic carbocycles. The Hall–Kier alpha value is -1.29. The van der Waals surface area contributed by atoms with Crippen molar-refractivity contribution in [3.05, 3.63) is 24.2 Å². The topological polar surface area (TPSA) is 54.3 Å². The number of rotatable bonds is 8. The lowest BCUT2D eigenvalue weighted by molar-refractivity contribution is -0.122. The number of furan rings is 1. The van der Waals surface area contributed by atoms with E-state index in [1.807, 2.05) is 19.1 Å². The summed E-state index contributed by atoms with van der Waals surface area (Å²) in [4.78, 5) is 11.6. The molecule has 0 aliphatic rings. The van der Waals surface area contributed by atoms with E-state index in [9.17, 15) is 4.79 Å². The van der Waals surface area contributed by atoms with Crippen molar-refractivity contribution >= 4 is 5.91 Å². The van der Waals surface area contributed by atoms with Crippen LogP contribution in [-0.2, 0) is 11.2 Å². The summed E-state index contributed by atoms with van der Waals surface area (Å²) in [6.07, 6.45) is 4.60. The van der Waals surface area contributed by atoms with Crippen LogP contribution in [-0.4, -0.2) is 25.0 Å². The Morgan fingerprint density at radius 3 is 2.94 bits per heavy atom. The van der Waals surface area contributed by atoms with E-state index in [1.54, 1.807) is 6.26 Å². The van der Waals surface area contributed by atoms with Crippen molar-refractivity contribution in [2.45, 2.75) is 39.2 Å². The maximum absolute atomic E-state index is 11.6. The first kappa shape index (κ1) is 13.8. The minimum absolute atomic E-state index is 0.0675. The molecule has 0 aliphatic heterocycles. The monoisotopic (exact) mass is 238 g/mol. The standard InChI is InChI=1S/C13H22N2O2/c1-3-4-8-15-13(16)11(2)14-9-7-12-6-5-10-17-12/h5-6,10-11,14H,3-4,7-9H2,1-2H3,(H,15,16). The number of amides is 1. The van der Waals surface area contributed by atoms with Gasteiger partial charge >= 0.3 is 0 Å². The molecule has 4 nitrogen and oxygen atoms in total. The van der Waals surface area contributed by atoms with Gasteiger partial charge < -0.3 is 15.1 Å². The molecule has 0 saturated heterocycles. The summed E-state index contributed by atoms with van der Waals surface area (Å²) in [5.41, 5.74) is 0. The van der Waals surface area contributed by atoms with E-state index in [0.717, 1.165) is 38.1 Å². The van der Waals surface area contributed by atoms with E-state index in [0.29, 0.717) is 0 Å². The number of hydrogen-bond acceptors (Lipinski definition) is 3. The van der Waals surface area contributed by atoms with Gasteiger partial charge in [0.05, 0.1) is 12.3 Å². The Balaban J connectivity index is 2.11. The van der Waals surface area contributed by atoms with Crippen LogP contribution < -0.4 is 10.6 Å². The molecule has 0 fully saturated rings. The molecule has 0 spiro atoms. The summed E-state index contributed by atoms with van der Waals surface area (Å²) in [6, 6.07) is 3.66. The van der Waals surface area contributed by atoms with Crippen molar-refractivity contribution in [2.24, 2.45) is 0 Å². The first-order valence-electron chi connectivity index (χ1n) is 6.27. The van der Waals surface area contributed by atoms with Gasteiger partial charge in [0.1, 0.15) is 5.76 Å². The van der Waals surface area contributed by atoms with Gasteiger partial charge in [-0.1, -0.05) is 13.3 Å². The van der Waals surface area contributed by atoms with Gasteiger partial charge in [0.2, 0.25) is 5.91 Å². The highest BCUT2D eigenvalue weighted by Crippen LogP contribution is 1.99. The third-order valence-electron chi connectivity index (χ3n) is 2.62. The first-order valence-corrected chi connectivity index (χ1v) is 6.27. The Bertz CT molecular complexity index is 309. The molecule has 1 unspecified atom stereocenters. The van der Waals surface area contributed by atoms with Gasteiger partial charge in [0.25, 0.3) is 0 Å². The van der Waals surface area contributed by atoms with Crippen molar-refractivity contribution in [2.75, 3.05) is 13.1 Å². The van der Waals surface area contributed by atoms with Crippen LogP contribution in [0.25, 0.3) is 0 Å². The lowest BCUT2D eigenvalue weighted by atomic mass is 10.2. The van der Waals surface area contributed by atoms with Crippen molar-refractivity contribution in [1.29, 1.82) is 0 Å². The number of hydrogen-bond donors (Lipinski definition) is 2. The molecule has 0 aromatic carbocycles. The molecule has 0 saturated carbocycles. The second kappa shape index (κ2) is 7.90. The zero-order chi connectivity index (χ0) is 12.5. The van der Waals surface area contributed by atoms with E-state index in [2.05, 4.69) is 17.6 Å². The second-order valence-electron chi connectivity index (χ2n) is 4.15. The summed E-state index contributed by atoms with van der Waals surface area (Å²) in [5.74, 6) is 1.01. The number of unbranched alkanes of at least 4 members (excludes halogenated alkanes) is 1. The molecular formula is C13H22N2O2. The molecule has 1 aromatic rings. The summed E-state index contributed by atoms with van der Waals surface area (Å²) in [6.45, 7) is 5.50. The predicted octanol–water partition coefficient (Wildman–Crippen LogP) is 1.72. The summed E-state index contributed by atoms with van der Waals surface area (Å²) in [5, 5.41) is 6.08. The van der Waals surface area contributed by atoms with E-state index in [4.69, 9.17) is 4.42 Å². The lowest BCUT2D eigenvalue weighted by Gasteiger charge is -2.13. The van der Waals surface area contributed by atoms with Crippen molar-refractivity contribution in [3.63, 3.8) is 0 Å². The van der Waals surface area contributed by atoms with Gasteiger partial charge in [0.15, 0.2) is 0 Å². The van der Waals surface area contributed by atoms with Crippen LogP contribution in [0.5, 0.6) is 0 Å². The Labute approximate surface area is 103 Å². The smallest absolute Gasteiger partial charge is 0.236 e. The van der Waals surface area contributed by atoms with Crippen LogP contribution in [0, 0.1) is 0 Å². The van der Waals surface area contributed by atoms with Crippen LogP contribution >= 0.6 is 0 Å². The third kappa shape index (κ3) is 5.54. The van der Waals surface area contributed by atoms with Gasteiger partial charge in [-0.15, -0.1) is 0 Å². The van der Waals surface area contributed by atoms with Gasteiger partial charge in [-0.3, -0.25) is 4.79 Å². The average molecular weight is 238 g/mol. The summed E-state index contributed by atoms with van der Waals surface area (Å²) in [7, 11) is 0. The molecule has 1 aromatic heterocycles. The molecule has 1 amide bonds. The van der Waals surface area contributed by atoms with Gasteiger partial charge in [0, 0.05) is 19.5 Å². The summed E-state index contributed by atoms with van der Waals surface area (Å²) < 4.78 is 5.21. The second-order valence-corrected chi connectivity index (χ2v) is 4.15. The molecule has 1 rings (SSSR count). The van der Waals surface area contributed by atoms with Crippen LogP contribution in [0.1, 0.15) is 32.4 Å². The van der Waals surface area contributed by atoms with E-state index in [1.165, 1.54) is 0 Å². The summed E-state index contributed by atoms with van der Waals surface area (Å²) >= 11 is 0. The maximum atomic E-state index is 11.6. The highest BCUT2D eigenvalue weighted by molar-refractivity contribution is 5.81. The highest BCUT2D eigenvalue weighted by atomic mass is 16.3. The molecule has 17 heavy (non-hydrogen) atoms. The molecule has 96 valence electrons. The molecule has 2 N–H and O–H groups in total. The van der Waals surface area contributed by atoms with Crippen LogP contribution in [0.4, 0.5) is 0 Å². The fourth-order valence-corrected chi connectivity index (χ4v) is 1.50. The largest absolute Gasteiger partial charge is 0.469 e.